The SMILES string of the molecule is CCOC(=O)c1c(NC(=O)C(Sc2cccc(NC(=O)/C=C/C(=O)O)c2)c2ccccc2)sc2c1CCC(C)C2. The van der Waals surface area contributed by atoms with Gasteiger partial charge in [-0.2, -0.15) is 0 Å². The van der Waals surface area contributed by atoms with Crippen LogP contribution in [0.5, 0.6) is 0 Å². The van der Waals surface area contributed by atoms with Crippen molar-refractivity contribution in [1.82, 2.24) is 0 Å². The summed E-state index contributed by atoms with van der Waals surface area (Å²) in [6.07, 6.45) is 4.31. The Morgan fingerprint density at radius 1 is 1.10 bits per heavy atom. The molecule has 1 heterocycles. The van der Waals surface area contributed by atoms with Crippen LogP contribution in [-0.4, -0.2) is 35.5 Å². The highest BCUT2D eigenvalue weighted by molar-refractivity contribution is 8.00. The smallest absolute Gasteiger partial charge is 0.341 e. The zero-order valence-electron chi connectivity index (χ0n) is 22.1. The molecule has 1 aliphatic rings. The summed E-state index contributed by atoms with van der Waals surface area (Å²) in [5.74, 6) is -2.00. The first-order valence-electron chi connectivity index (χ1n) is 12.9. The molecule has 2 unspecified atom stereocenters. The minimum atomic E-state index is -1.22. The van der Waals surface area contributed by atoms with Gasteiger partial charge in [0.15, 0.2) is 0 Å². The molecule has 1 aliphatic carbocycles. The molecule has 40 heavy (non-hydrogen) atoms. The first-order valence-corrected chi connectivity index (χ1v) is 14.6. The number of rotatable bonds is 10. The maximum absolute atomic E-state index is 13.8. The summed E-state index contributed by atoms with van der Waals surface area (Å²) < 4.78 is 5.36. The Morgan fingerprint density at radius 3 is 2.60 bits per heavy atom. The van der Waals surface area contributed by atoms with Gasteiger partial charge in [0.2, 0.25) is 11.8 Å². The maximum atomic E-state index is 13.8. The van der Waals surface area contributed by atoms with Crippen LogP contribution in [0.25, 0.3) is 0 Å². The second-order valence-electron chi connectivity index (χ2n) is 9.36. The van der Waals surface area contributed by atoms with Gasteiger partial charge >= 0.3 is 11.9 Å². The molecule has 3 N–H and O–H groups in total. The largest absolute Gasteiger partial charge is 0.478 e. The molecule has 0 bridgehead atoms. The van der Waals surface area contributed by atoms with Crippen molar-refractivity contribution in [3.05, 3.63) is 88.3 Å². The first-order chi connectivity index (χ1) is 19.2. The van der Waals surface area contributed by atoms with Crippen LogP contribution in [0.15, 0.2) is 71.6 Å². The zero-order chi connectivity index (χ0) is 28.6. The van der Waals surface area contributed by atoms with E-state index < -0.39 is 23.1 Å². The number of carboxylic acid groups (broad SMARTS) is 1. The lowest BCUT2D eigenvalue weighted by molar-refractivity contribution is -0.131. The van der Waals surface area contributed by atoms with Crippen LogP contribution in [0, 0.1) is 5.92 Å². The molecule has 0 saturated carbocycles. The molecule has 0 saturated heterocycles. The van der Waals surface area contributed by atoms with Crippen LogP contribution in [-0.2, 0) is 32.0 Å². The quantitative estimate of drug-likeness (QED) is 0.151. The molecule has 4 rings (SSSR count). The molecular formula is C30H30N2O6S2. The molecule has 2 amide bonds. The molecule has 8 nitrogen and oxygen atoms in total. The number of ether oxygens (including phenoxy) is 1. The minimum Gasteiger partial charge on any atom is -0.478 e. The average molecular weight is 579 g/mol. The standard InChI is InChI=1S/C30H30N2O6S2/c1-3-38-30(37)26-22-13-12-18(2)16-23(22)40-29(26)32-28(36)27(19-8-5-4-6-9-19)39-21-11-7-10-20(17-21)31-24(33)14-15-25(34)35/h4-11,14-15,17-18,27H,3,12-13,16H2,1-2H3,(H,31,33)(H,32,36)(H,34,35)/b15-14+. The van der Waals surface area contributed by atoms with Crippen LogP contribution in [0.3, 0.4) is 0 Å². The molecule has 0 radical (unpaired) electrons. The van der Waals surface area contributed by atoms with Gasteiger partial charge in [0.1, 0.15) is 10.3 Å². The summed E-state index contributed by atoms with van der Waals surface area (Å²) in [7, 11) is 0. The number of thiophene rings is 1. The lowest BCUT2D eigenvalue weighted by Gasteiger charge is -2.19. The normalized spacial score (nSPS) is 15.2. The van der Waals surface area contributed by atoms with E-state index in [0.29, 0.717) is 27.1 Å². The zero-order valence-corrected chi connectivity index (χ0v) is 23.8. The highest BCUT2D eigenvalue weighted by Crippen LogP contribution is 2.42. The number of nitrogens with one attached hydrogen (secondary N) is 2. The summed E-state index contributed by atoms with van der Waals surface area (Å²) in [4.78, 5) is 51.4. The van der Waals surface area contributed by atoms with Crippen molar-refractivity contribution in [2.24, 2.45) is 5.92 Å². The fraction of sp³-hybridized carbons (Fsp3) is 0.267. The predicted molar refractivity (Wildman–Crippen MR) is 157 cm³/mol. The highest BCUT2D eigenvalue weighted by Gasteiger charge is 2.31. The van der Waals surface area contributed by atoms with E-state index in [4.69, 9.17) is 9.84 Å². The molecule has 0 fully saturated rings. The fourth-order valence-corrected chi connectivity index (χ4v) is 6.94. The fourth-order valence-electron chi connectivity index (χ4n) is 4.45. The van der Waals surface area contributed by atoms with Crippen molar-refractivity contribution in [3.8, 4) is 0 Å². The molecule has 0 aliphatic heterocycles. The van der Waals surface area contributed by atoms with Gasteiger partial charge in [-0.15, -0.1) is 23.1 Å². The summed E-state index contributed by atoms with van der Waals surface area (Å²) in [6.45, 7) is 4.19. The Labute approximate surface area is 240 Å². The highest BCUT2D eigenvalue weighted by atomic mass is 32.2. The topological polar surface area (TPSA) is 122 Å². The Kier molecular flexibility index (Phi) is 9.79. The van der Waals surface area contributed by atoms with E-state index >= 15 is 0 Å². The van der Waals surface area contributed by atoms with Crippen molar-refractivity contribution < 1.29 is 29.0 Å². The number of benzene rings is 2. The van der Waals surface area contributed by atoms with Crippen LogP contribution in [0.2, 0.25) is 0 Å². The van der Waals surface area contributed by atoms with E-state index in [-0.39, 0.29) is 12.5 Å². The van der Waals surface area contributed by atoms with Gasteiger partial charge in [-0.3, -0.25) is 9.59 Å². The number of thioether (sulfide) groups is 1. The molecule has 208 valence electrons. The van der Waals surface area contributed by atoms with Gasteiger partial charge in [0.05, 0.1) is 12.2 Å². The minimum absolute atomic E-state index is 0.245. The lowest BCUT2D eigenvalue weighted by atomic mass is 9.88. The maximum Gasteiger partial charge on any atom is 0.341 e. The van der Waals surface area contributed by atoms with Crippen LogP contribution < -0.4 is 10.6 Å². The molecule has 3 aromatic rings. The number of carbonyl (C=O) groups is 4. The van der Waals surface area contributed by atoms with Crippen molar-refractivity contribution in [3.63, 3.8) is 0 Å². The average Bonchev–Trinajstić information content (AvgIpc) is 3.28. The number of hydrogen-bond acceptors (Lipinski definition) is 7. The van der Waals surface area contributed by atoms with E-state index in [2.05, 4.69) is 17.6 Å². The predicted octanol–water partition coefficient (Wildman–Crippen LogP) is 6.10. The van der Waals surface area contributed by atoms with E-state index in [1.54, 1.807) is 25.1 Å². The van der Waals surface area contributed by atoms with E-state index in [0.717, 1.165) is 47.4 Å². The lowest BCUT2D eigenvalue weighted by Crippen LogP contribution is -2.20. The summed E-state index contributed by atoms with van der Waals surface area (Å²) in [6, 6.07) is 16.3. The number of carbonyl (C=O) groups excluding carboxylic acids is 3. The van der Waals surface area contributed by atoms with E-state index in [1.807, 2.05) is 36.4 Å². The third kappa shape index (κ3) is 7.40. The second-order valence-corrected chi connectivity index (χ2v) is 11.6. The number of anilines is 2. The Bertz CT molecular complexity index is 1430. The summed E-state index contributed by atoms with van der Waals surface area (Å²) in [5.41, 5.74) is 2.66. The van der Waals surface area contributed by atoms with E-state index in [9.17, 15) is 19.2 Å². The molecule has 0 spiro atoms. The molecule has 1 aromatic heterocycles. The molecule has 2 atom stereocenters. The third-order valence-electron chi connectivity index (χ3n) is 6.30. The van der Waals surface area contributed by atoms with E-state index in [1.165, 1.54) is 23.1 Å². The van der Waals surface area contributed by atoms with Gasteiger partial charge < -0.3 is 20.5 Å². The molecule has 10 heteroatoms. The number of esters is 1. The first kappa shape index (κ1) is 29.1. The van der Waals surface area contributed by atoms with Crippen LogP contribution in [0.4, 0.5) is 10.7 Å². The van der Waals surface area contributed by atoms with Crippen molar-refractivity contribution in [2.45, 2.75) is 43.3 Å². The number of fused-ring (bicyclic) bond motifs is 1. The van der Waals surface area contributed by atoms with Gasteiger partial charge in [-0.25, -0.2) is 9.59 Å². The monoisotopic (exact) mass is 578 g/mol. The Balaban J connectivity index is 1.61. The second kappa shape index (κ2) is 13.5. The number of aliphatic carboxylic acids is 1. The number of hydrogen-bond donors (Lipinski definition) is 3. The van der Waals surface area contributed by atoms with Crippen LogP contribution in [0.1, 0.15) is 51.9 Å². The summed E-state index contributed by atoms with van der Waals surface area (Å²) >= 11 is 2.75. The molecule has 2 aromatic carbocycles. The van der Waals surface area contributed by atoms with Gasteiger partial charge in [-0.1, -0.05) is 43.3 Å². The third-order valence-corrected chi connectivity index (χ3v) is 8.72. The van der Waals surface area contributed by atoms with Crippen molar-refractivity contribution in [1.29, 1.82) is 0 Å². The number of amides is 2. The summed E-state index contributed by atoms with van der Waals surface area (Å²) in [5, 5.41) is 14.3. The molecular weight excluding hydrogens is 548 g/mol. The number of carboxylic acids is 1. The van der Waals surface area contributed by atoms with Crippen molar-refractivity contribution >= 4 is 57.5 Å². The Hall–Kier alpha value is -3.89. The van der Waals surface area contributed by atoms with Crippen molar-refractivity contribution in [2.75, 3.05) is 17.2 Å². The van der Waals surface area contributed by atoms with Gasteiger partial charge in [-0.05, 0) is 61.4 Å². The van der Waals surface area contributed by atoms with Gasteiger partial charge in [0.25, 0.3) is 0 Å². The Morgan fingerprint density at radius 2 is 1.88 bits per heavy atom. The van der Waals surface area contributed by atoms with Crippen LogP contribution >= 0.6 is 23.1 Å². The van der Waals surface area contributed by atoms with Gasteiger partial charge in [0, 0.05) is 27.6 Å².